The summed E-state index contributed by atoms with van der Waals surface area (Å²) in [7, 11) is 0. The normalized spacial score (nSPS) is 11.0. The number of aryl methyl sites for hydroxylation is 1. The molecule has 1 heterocycles. The quantitative estimate of drug-likeness (QED) is 0.578. The van der Waals surface area contributed by atoms with E-state index in [9.17, 15) is 0 Å². The number of nitrogen functional groups attached to an aromatic ring is 1. The number of aromatic nitrogens is 1. The fourth-order valence-corrected chi connectivity index (χ4v) is 1.94. The predicted octanol–water partition coefficient (Wildman–Crippen LogP) is 3.48. The lowest BCUT2D eigenvalue weighted by Crippen LogP contribution is -1.84. The van der Waals surface area contributed by atoms with Crippen molar-refractivity contribution in [3.63, 3.8) is 0 Å². The Kier molecular flexibility index (Phi) is 2.95. The maximum atomic E-state index is 5.90. The number of hydrogen-bond donors (Lipinski definition) is 2. The number of anilines is 1. The first-order valence-electron chi connectivity index (χ1n) is 5.67. The Morgan fingerprint density at radius 1 is 1.27 bits per heavy atom. The molecular formula is C13H18N2. The second-order valence-electron chi connectivity index (χ2n) is 4.06. The van der Waals surface area contributed by atoms with Crippen molar-refractivity contribution in [1.29, 1.82) is 0 Å². The first kappa shape index (κ1) is 10.1. The number of fused-ring (bicyclic) bond motifs is 1. The van der Waals surface area contributed by atoms with Gasteiger partial charge < -0.3 is 10.7 Å². The Labute approximate surface area is 90.5 Å². The summed E-state index contributed by atoms with van der Waals surface area (Å²) in [5.41, 5.74) is 9.23. The summed E-state index contributed by atoms with van der Waals surface area (Å²) < 4.78 is 0. The van der Waals surface area contributed by atoms with Gasteiger partial charge in [-0.25, -0.2) is 0 Å². The van der Waals surface area contributed by atoms with Gasteiger partial charge in [-0.2, -0.15) is 0 Å². The molecule has 0 aliphatic carbocycles. The lowest BCUT2D eigenvalue weighted by Gasteiger charge is -1.95. The zero-order valence-electron chi connectivity index (χ0n) is 9.22. The molecule has 0 aliphatic rings. The van der Waals surface area contributed by atoms with E-state index >= 15 is 0 Å². The van der Waals surface area contributed by atoms with Gasteiger partial charge in [0.25, 0.3) is 0 Å². The van der Waals surface area contributed by atoms with Crippen molar-refractivity contribution >= 4 is 16.6 Å². The van der Waals surface area contributed by atoms with Crippen molar-refractivity contribution < 1.29 is 0 Å². The molecule has 2 heteroatoms. The van der Waals surface area contributed by atoms with Crippen LogP contribution in [0.3, 0.4) is 0 Å². The van der Waals surface area contributed by atoms with E-state index in [2.05, 4.69) is 24.0 Å². The minimum absolute atomic E-state index is 0.866. The average Bonchev–Trinajstić information content (AvgIpc) is 2.63. The zero-order chi connectivity index (χ0) is 10.7. The molecule has 1 aromatic carbocycles. The molecule has 0 aliphatic heterocycles. The van der Waals surface area contributed by atoms with E-state index in [4.69, 9.17) is 5.73 Å². The van der Waals surface area contributed by atoms with Crippen molar-refractivity contribution in [3.8, 4) is 0 Å². The van der Waals surface area contributed by atoms with Crippen molar-refractivity contribution in [2.45, 2.75) is 32.6 Å². The van der Waals surface area contributed by atoms with Crippen LogP contribution in [0.25, 0.3) is 10.9 Å². The number of aromatic amines is 1. The Bertz CT molecular complexity index is 443. The van der Waals surface area contributed by atoms with Crippen LogP contribution in [0.15, 0.2) is 24.3 Å². The highest BCUT2D eigenvalue weighted by atomic mass is 14.7. The molecule has 0 amide bonds. The van der Waals surface area contributed by atoms with Gasteiger partial charge in [-0.05, 0) is 31.0 Å². The van der Waals surface area contributed by atoms with Gasteiger partial charge in [0.2, 0.25) is 0 Å². The van der Waals surface area contributed by atoms with Gasteiger partial charge in [0.15, 0.2) is 0 Å². The SMILES string of the molecule is CCCCCc1cc2c(N)cccc2[nH]1. The molecule has 0 spiro atoms. The minimum atomic E-state index is 0.866. The van der Waals surface area contributed by atoms with Gasteiger partial charge in [-0.1, -0.05) is 25.8 Å². The minimum Gasteiger partial charge on any atom is -0.398 e. The van der Waals surface area contributed by atoms with E-state index in [0.717, 1.165) is 23.0 Å². The number of unbranched alkanes of at least 4 members (excludes halogenated alkanes) is 2. The predicted molar refractivity (Wildman–Crippen MR) is 65.9 cm³/mol. The number of hydrogen-bond acceptors (Lipinski definition) is 1. The molecule has 2 rings (SSSR count). The van der Waals surface area contributed by atoms with Crippen LogP contribution in [0.1, 0.15) is 31.9 Å². The van der Waals surface area contributed by atoms with Crippen LogP contribution in [0.4, 0.5) is 5.69 Å². The summed E-state index contributed by atoms with van der Waals surface area (Å²) in [6, 6.07) is 8.20. The third-order valence-corrected chi connectivity index (χ3v) is 2.80. The summed E-state index contributed by atoms with van der Waals surface area (Å²) in [6.45, 7) is 2.23. The van der Waals surface area contributed by atoms with Crippen molar-refractivity contribution in [3.05, 3.63) is 30.0 Å². The van der Waals surface area contributed by atoms with Gasteiger partial charge in [-0.3, -0.25) is 0 Å². The molecule has 0 saturated heterocycles. The van der Waals surface area contributed by atoms with E-state index in [-0.39, 0.29) is 0 Å². The smallest absolute Gasteiger partial charge is 0.0476 e. The van der Waals surface area contributed by atoms with Crippen molar-refractivity contribution in [1.82, 2.24) is 4.98 Å². The van der Waals surface area contributed by atoms with Crippen LogP contribution >= 0.6 is 0 Å². The van der Waals surface area contributed by atoms with Crippen LogP contribution in [0.2, 0.25) is 0 Å². The maximum absolute atomic E-state index is 5.90. The summed E-state index contributed by atoms with van der Waals surface area (Å²) in [4.78, 5) is 3.42. The molecule has 1 aromatic heterocycles. The lowest BCUT2D eigenvalue weighted by atomic mass is 10.1. The second kappa shape index (κ2) is 4.39. The second-order valence-corrected chi connectivity index (χ2v) is 4.06. The Morgan fingerprint density at radius 2 is 2.13 bits per heavy atom. The van der Waals surface area contributed by atoms with Crippen molar-refractivity contribution in [2.75, 3.05) is 5.73 Å². The molecule has 2 nitrogen and oxygen atoms in total. The van der Waals surface area contributed by atoms with Gasteiger partial charge >= 0.3 is 0 Å². The standard InChI is InChI=1S/C13H18N2/c1-2-3-4-6-10-9-11-12(14)7-5-8-13(11)15-10/h5,7-9,15H,2-4,6,14H2,1H3. The van der Waals surface area contributed by atoms with Crippen LogP contribution in [0.5, 0.6) is 0 Å². The highest BCUT2D eigenvalue weighted by Crippen LogP contribution is 2.22. The number of H-pyrrole nitrogens is 1. The molecule has 0 saturated carbocycles. The van der Waals surface area contributed by atoms with Gasteiger partial charge in [0.1, 0.15) is 0 Å². The van der Waals surface area contributed by atoms with E-state index in [1.165, 1.54) is 25.0 Å². The molecule has 80 valence electrons. The highest BCUT2D eigenvalue weighted by Gasteiger charge is 2.02. The van der Waals surface area contributed by atoms with Crippen LogP contribution in [0, 0.1) is 0 Å². The van der Waals surface area contributed by atoms with Gasteiger partial charge in [0, 0.05) is 22.3 Å². The maximum Gasteiger partial charge on any atom is 0.0476 e. The van der Waals surface area contributed by atoms with E-state index in [1.54, 1.807) is 0 Å². The van der Waals surface area contributed by atoms with E-state index in [0.29, 0.717) is 0 Å². The topological polar surface area (TPSA) is 41.8 Å². The third kappa shape index (κ3) is 2.14. The molecule has 2 aromatic rings. The summed E-state index contributed by atoms with van der Waals surface area (Å²) in [5.74, 6) is 0. The zero-order valence-corrected chi connectivity index (χ0v) is 9.22. The van der Waals surface area contributed by atoms with Crippen LogP contribution in [-0.2, 0) is 6.42 Å². The van der Waals surface area contributed by atoms with Crippen LogP contribution < -0.4 is 5.73 Å². The summed E-state index contributed by atoms with van der Waals surface area (Å²) >= 11 is 0. The molecule has 0 fully saturated rings. The molecule has 0 radical (unpaired) electrons. The molecule has 0 unspecified atom stereocenters. The monoisotopic (exact) mass is 202 g/mol. The Balaban J connectivity index is 2.20. The summed E-state index contributed by atoms with van der Waals surface area (Å²) in [5, 5.41) is 1.16. The Hall–Kier alpha value is -1.44. The molecule has 0 atom stereocenters. The van der Waals surface area contributed by atoms with E-state index in [1.807, 2.05) is 12.1 Å². The summed E-state index contributed by atoms with van der Waals surface area (Å²) in [6.07, 6.45) is 4.94. The lowest BCUT2D eigenvalue weighted by molar-refractivity contribution is 0.710. The molecule has 3 N–H and O–H groups in total. The van der Waals surface area contributed by atoms with Crippen molar-refractivity contribution in [2.24, 2.45) is 0 Å². The Morgan fingerprint density at radius 3 is 2.87 bits per heavy atom. The number of nitrogens with one attached hydrogen (secondary N) is 1. The fraction of sp³-hybridized carbons (Fsp3) is 0.385. The largest absolute Gasteiger partial charge is 0.398 e. The first-order valence-corrected chi connectivity index (χ1v) is 5.67. The average molecular weight is 202 g/mol. The highest BCUT2D eigenvalue weighted by molar-refractivity contribution is 5.91. The number of rotatable bonds is 4. The fourth-order valence-electron chi connectivity index (χ4n) is 1.94. The van der Waals surface area contributed by atoms with Gasteiger partial charge in [0.05, 0.1) is 0 Å². The van der Waals surface area contributed by atoms with Gasteiger partial charge in [-0.15, -0.1) is 0 Å². The first-order chi connectivity index (χ1) is 7.31. The number of nitrogens with two attached hydrogens (primary N) is 1. The molecule has 0 bridgehead atoms. The molecule has 15 heavy (non-hydrogen) atoms. The van der Waals surface area contributed by atoms with Crippen LogP contribution in [-0.4, -0.2) is 4.98 Å². The third-order valence-electron chi connectivity index (χ3n) is 2.80. The number of benzene rings is 1. The van der Waals surface area contributed by atoms with E-state index < -0.39 is 0 Å². The molecular weight excluding hydrogens is 184 g/mol.